The maximum Gasteiger partial charge on any atom is 0.226 e. The van der Waals surface area contributed by atoms with Crippen molar-refractivity contribution in [2.24, 2.45) is 0 Å². The molecule has 1 fully saturated rings. The van der Waals surface area contributed by atoms with Gasteiger partial charge >= 0.3 is 0 Å². The molecule has 2 aromatic rings. The molecule has 148 valence electrons. The van der Waals surface area contributed by atoms with Gasteiger partial charge in [-0.05, 0) is 0 Å². The second kappa shape index (κ2) is 9.16. The molecule has 0 bridgehead atoms. The van der Waals surface area contributed by atoms with Crippen LogP contribution in [0.25, 0.3) is 11.3 Å². The molecule has 0 unspecified atom stereocenters. The molecular weight excluding hydrogens is 360 g/mol. The van der Waals surface area contributed by atoms with Gasteiger partial charge in [-0.1, -0.05) is 35.5 Å². The summed E-state index contributed by atoms with van der Waals surface area (Å²) in [4.78, 5) is 39.1. The first-order valence-electron chi connectivity index (χ1n) is 9.34. The van der Waals surface area contributed by atoms with Crippen LogP contribution in [0.2, 0.25) is 0 Å². The van der Waals surface area contributed by atoms with Crippen LogP contribution < -0.4 is 5.32 Å². The Morgan fingerprint density at radius 3 is 2.43 bits per heavy atom. The fraction of sp³-hybridized carbons (Fsp3) is 0.400. The topological polar surface area (TPSA) is 95.8 Å². The molecule has 3 rings (SSSR count). The first kappa shape index (κ1) is 19.6. The van der Waals surface area contributed by atoms with Gasteiger partial charge in [0.1, 0.15) is 0 Å². The Kier molecular flexibility index (Phi) is 6.41. The lowest BCUT2D eigenvalue weighted by Gasteiger charge is -2.34. The Balaban J connectivity index is 1.39. The first-order chi connectivity index (χ1) is 13.5. The third-order valence-electron chi connectivity index (χ3n) is 4.70. The lowest BCUT2D eigenvalue weighted by molar-refractivity contribution is -0.138. The van der Waals surface area contributed by atoms with Crippen molar-refractivity contribution in [3.05, 3.63) is 42.1 Å². The summed E-state index contributed by atoms with van der Waals surface area (Å²) in [6, 6.07) is 11.3. The van der Waals surface area contributed by atoms with Crippen LogP contribution in [-0.4, -0.2) is 65.4 Å². The molecule has 1 N–H and O–H groups in total. The summed E-state index contributed by atoms with van der Waals surface area (Å²) < 4.78 is 5.28. The minimum absolute atomic E-state index is 0.0173. The van der Waals surface area contributed by atoms with Gasteiger partial charge in [0.15, 0.2) is 5.76 Å². The number of nitrogens with one attached hydrogen (secondary N) is 1. The lowest BCUT2D eigenvalue weighted by Crippen LogP contribution is -2.50. The molecule has 1 aliphatic rings. The SMILES string of the molecule is CC(=O)N1CCN(C(=O)CCNC(=O)Cc2cc(-c3ccccc3)on2)CC1. The largest absolute Gasteiger partial charge is 0.356 e. The van der Waals surface area contributed by atoms with E-state index in [0.29, 0.717) is 37.6 Å². The zero-order valence-corrected chi connectivity index (χ0v) is 15.9. The number of hydrogen-bond donors (Lipinski definition) is 1. The number of nitrogens with zero attached hydrogens (tertiary/aromatic N) is 3. The summed E-state index contributed by atoms with van der Waals surface area (Å²) in [7, 11) is 0. The summed E-state index contributed by atoms with van der Waals surface area (Å²) in [6.07, 6.45) is 0.335. The van der Waals surface area contributed by atoms with Gasteiger partial charge in [0.25, 0.3) is 0 Å². The van der Waals surface area contributed by atoms with E-state index in [1.807, 2.05) is 30.3 Å². The van der Waals surface area contributed by atoms with Gasteiger partial charge in [-0.3, -0.25) is 14.4 Å². The molecule has 0 radical (unpaired) electrons. The van der Waals surface area contributed by atoms with Crippen LogP contribution in [0.5, 0.6) is 0 Å². The van der Waals surface area contributed by atoms with E-state index in [0.717, 1.165) is 5.56 Å². The average molecular weight is 384 g/mol. The van der Waals surface area contributed by atoms with E-state index in [9.17, 15) is 14.4 Å². The lowest BCUT2D eigenvalue weighted by atomic mass is 10.1. The molecule has 1 aromatic carbocycles. The summed E-state index contributed by atoms with van der Waals surface area (Å²) in [5.74, 6) is 0.421. The second-order valence-electron chi connectivity index (χ2n) is 6.71. The van der Waals surface area contributed by atoms with Crippen molar-refractivity contribution >= 4 is 17.7 Å². The summed E-state index contributed by atoms with van der Waals surface area (Å²) in [5.41, 5.74) is 1.44. The highest BCUT2D eigenvalue weighted by Gasteiger charge is 2.22. The van der Waals surface area contributed by atoms with Gasteiger partial charge in [0, 0.05) is 57.7 Å². The second-order valence-corrected chi connectivity index (χ2v) is 6.71. The number of carbonyl (C=O) groups is 3. The van der Waals surface area contributed by atoms with E-state index in [1.165, 1.54) is 6.92 Å². The summed E-state index contributed by atoms with van der Waals surface area (Å²) in [6.45, 7) is 3.99. The van der Waals surface area contributed by atoms with Crippen LogP contribution in [0.15, 0.2) is 40.9 Å². The zero-order valence-electron chi connectivity index (χ0n) is 15.9. The number of carbonyl (C=O) groups excluding carboxylic acids is 3. The van der Waals surface area contributed by atoms with Crippen LogP contribution in [0.3, 0.4) is 0 Å². The van der Waals surface area contributed by atoms with Crippen LogP contribution in [0.1, 0.15) is 19.0 Å². The third kappa shape index (κ3) is 5.18. The van der Waals surface area contributed by atoms with Gasteiger partial charge in [-0.15, -0.1) is 0 Å². The normalized spacial score (nSPS) is 14.0. The van der Waals surface area contributed by atoms with Gasteiger partial charge in [0.05, 0.1) is 12.1 Å². The number of rotatable bonds is 6. The molecule has 2 heterocycles. The highest BCUT2D eigenvalue weighted by atomic mass is 16.5. The molecule has 28 heavy (non-hydrogen) atoms. The zero-order chi connectivity index (χ0) is 19.9. The number of benzene rings is 1. The smallest absolute Gasteiger partial charge is 0.226 e. The quantitative estimate of drug-likeness (QED) is 0.804. The number of amides is 3. The van der Waals surface area contributed by atoms with Crippen molar-refractivity contribution < 1.29 is 18.9 Å². The van der Waals surface area contributed by atoms with Crippen molar-refractivity contribution in [1.82, 2.24) is 20.3 Å². The summed E-state index contributed by atoms with van der Waals surface area (Å²) in [5, 5.41) is 6.67. The summed E-state index contributed by atoms with van der Waals surface area (Å²) >= 11 is 0. The van der Waals surface area contributed by atoms with Gasteiger partial charge in [0.2, 0.25) is 17.7 Å². The predicted octanol–water partition coefficient (Wildman–Crippen LogP) is 1.08. The fourth-order valence-electron chi connectivity index (χ4n) is 3.10. The average Bonchev–Trinajstić information content (AvgIpc) is 3.17. The molecule has 0 atom stereocenters. The Bertz CT molecular complexity index is 826. The first-order valence-corrected chi connectivity index (χ1v) is 9.34. The van der Waals surface area contributed by atoms with Crippen LogP contribution in [0.4, 0.5) is 0 Å². The van der Waals surface area contributed by atoms with Gasteiger partial charge < -0.3 is 19.6 Å². The standard InChI is InChI=1S/C20H24N4O4/c1-15(25)23-9-11-24(12-10-23)20(27)7-8-21-19(26)14-17-13-18(28-22-17)16-5-3-2-4-6-16/h2-6,13H,7-12,14H2,1H3,(H,21,26). The maximum atomic E-state index is 12.2. The molecule has 8 heteroatoms. The van der Waals surface area contributed by atoms with Crippen molar-refractivity contribution in [3.8, 4) is 11.3 Å². The highest BCUT2D eigenvalue weighted by Crippen LogP contribution is 2.19. The molecule has 0 saturated carbocycles. The molecule has 8 nitrogen and oxygen atoms in total. The molecule has 3 amide bonds. The Morgan fingerprint density at radius 1 is 1.07 bits per heavy atom. The van der Waals surface area contributed by atoms with E-state index in [2.05, 4.69) is 10.5 Å². The van der Waals surface area contributed by atoms with Crippen LogP contribution >= 0.6 is 0 Å². The van der Waals surface area contributed by atoms with Gasteiger partial charge in [-0.25, -0.2) is 0 Å². The molecule has 0 aliphatic carbocycles. The van der Waals surface area contributed by atoms with E-state index in [1.54, 1.807) is 15.9 Å². The van der Waals surface area contributed by atoms with Crippen molar-refractivity contribution in [2.45, 2.75) is 19.8 Å². The highest BCUT2D eigenvalue weighted by molar-refractivity contribution is 5.80. The number of aromatic nitrogens is 1. The van der Waals surface area contributed by atoms with Crippen LogP contribution in [-0.2, 0) is 20.8 Å². The Labute approximate surface area is 163 Å². The van der Waals surface area contributed by atoms with Crippen molar-refractivity contribution in [1.29, 1.82) is 0 Å². The minimum Gasteiger partial charge on any atom is -0.356 e. The monoisotopic (exact) mass is 384 g/mol. The van der Waals surface area contributed by atoms with E-state index in [-0.39, 0.29) is 37.1 Å². The molecule has 1 aliphatic heterocycles. The number of hydrogen-bond acceptors (Lipinski definition) is 5. The fourth-order valence-corrected chi connectivity index (χ4v) is 3.10. The van der Waals surface area contributed by atoms with E-state index < -0.39 is 0 Å². The predicted molar refractivity (Wildman–Crippen MR) is 102 cm³/mol. The van der Waals surface area contributed by atoms with Crippen molar-refractivity contribution in [3.63, 3.8) is 0 Å². The van der Waals surface area contributed by atoms with Crippen molar-refractivity contribution in [2.75, 3.05) is 32.7 Å². The molecule has 1 aromatic heterocycles. The number of piperazine rings is 1. The Hall–Kier alpha value is -3.16. The molecular formula is C20H24N4O4. The van der Waals surface area contributed by atoms with E-state index >= 15 is 0 Å². The van der Waals surface area contributed by atoms with Crippen LogP contribution in [0, 0.1) is 0 Å². The Morgan fingerprint density at radius 2 is 1.75 bits per heavy atom. The maximum absolute atomic E-state index is 12.2. The van der Waals surface area contributed by atoms with Gasteiger partial charge in [-0.2, -0.15) is 0 Å². The molecule has 0 spiro atoms. The minimum atomic E-state index is -0.206. The van der Waals surface area contributed by atoms with E-state index in [4.69, 9.17) is 4.52 Å². The molecule has 1 saturated heterocycles. The third-order valence-corrected chi connectivity index (χ3v) is 4.70.